The monoisotopic (exact) mass is 188 g/mol. The summed E-state index contributed by atoms with van der Waals surface area (Å²) in [5, 5.41) is 0. The van der Waals surface area contributed by atoms with Gasteiger partial charge in [0.1, 0.15) is 5.82 Å². The van der Waals surface area contributed by atoms with E-state index in [2.05, 4.69) is 9.97 Å². The quantitative estimate of drug-likeness (QED) is 0.687. The van der Waals surface area contributed by atoms with Crippen LogP contribution in [-0.2, 0) is 0 Å². The summed E-state index contributed by atoms with van der Waals surface area (Å²) in [6.07, 6.45) is 2.78. The van der Waals surface area contributed by atoms with Crippen LogP contribution >= 0.6 is 0 Å². The molecular weight excluding hydrogens is 179 g/mol. The zero-order valence-corrected chi connectivity index (χ0v) is 7.74. The molecule has 0 radical (unpaired) electrons. The minimum Gasteiger partial charge on any atom is -0.261 e. The molecule has 2 aromatic rings. The van der Waals surface area contributed by atoms with E-state index in [1.807, 2.05) is 25.1 Å². The number of hydrogen-bond donors (Lipinski definition) is 0. The van der Waals surface area contributed by atoms with Gasteiger partial charge in [-0.25, -0.2) is 4.39 Å². The summed E-state index contributed by atoms with van der Waals surface area (Å²) in [5.74, 6) is -0.342. The highest BCUT2D eigenvalue weighted by Crippen LogP contribution is 2.16. The summed E-state index contributed by atoms with van der Waals surface area (Å²) < 4.78 is 12.9. The van der Waals surface area contributed by atoms with Gasteiger partial charge in [0.25, 0.3) is 0 Å². The van der Waals surface area contributed by atoms with E-state index < -0.39 is 0 Å². The summed E-state index contributed by atoms with van der Waals surface area (Å²) in [6, 6.07) is 7.05. The molecule has 0 saturated heterocycles. The van der Waals surface area contributed by atoms with E-state index in [0.29, 0.717) is 5.56 Å². The van der Waals surface area contributed by atoms with E-state index in [1.165, 1.54) is 12.3 Å². The number of halogens is 1. The van der Waals surface area contributed by atoms with Crippen LogP contribution in [0.1, 0.15) is 5.69 Å². The zero-order chi connectivity index (χ0) is 9.97. The van der Waals surface area contributed by atoms with Gasteiger partial charge in [0.15, 0.2) is 0 Å². The highest BCUT2D eigenvalue weighted by Gasteiger charge is 2.00. The van der Waals surface area contributed by atoms with E-state index in [0.717, 1.165) is 11.4 Å². The molecule has 2 nitrogen and oxygen atoms in total. The average molecular weight is 188 g/mol. The van der Waals surface area contributed by atoms with Gasteiger partial charge < -0.3 is 0 Å². The first-order valence-corrected chi connectivity index (χ1v) is 4.30. The second-order valence-electron chi connectivity index (χ2n) is 3.06. The Labute approximate surface area is 81.5 Å². The maximum atomic E-state index is 12.9. The smallest absolute Gasteiger partial charge is 0.142 e. The van der Waals surface area contributed by atoms with Crippen molar-refractivity contribution in [3.05, 3.63) is 48.2 Å². The van der Waals surface area contributed by atoms with Gasteiger partial charge in [-0.1, -0.05) is 6.07 Å². The fourth-order valence-electron chi connectivity index (χ4n) is 1.26. The van der Waals surface area contributed by atoms with Crippen molar-refractivity contribution < 1.29 is 4.39 Å². The maximum absolute atomic E-state index is 12.9. The van der Waals surface area contributed by atoms with Crippen molar-refractivity contribution in [1.82, 2.24) is 9.97 Å². The fourth-order valence-corrected chi connectivity index (χ4v) is 1.26. The number of aromatic nitrogens is 2. The fraction of sp³-hybridized carbons (Fsp3) is 0.0909. The van der Waals surface area contributed by atoms with Crippen molar-refractivity contribution in [2.24, 2.45) is 0 Å². The molecule has 0 fully saturated rings. The standard InChI is InChI=1S/C11H9FN2/c1-8-3-2-4-11(14-8)9-5-10(12)7-13-6-9/h2-7H,1H3. The molecular formula is C11H9FN2. The molecule has 0 spiro atoms. The topological polar surface area (TPSA) is 25.8 Å². The zero-order valence-electron chi connectivity index (χ0n) is 7.74. The van der Waals surface area contributed by atoms with Gasteiger partial charge in [0.05, 0.1) is 11.9 Å². The van der Waals surface area contributed by atoms with E-state index in [4.69, 9.17) is 0 Å². The number of nitrogens with zero attached hydrogens (tertiary/aromatic N) is 2. The van der Waals surface area contributed by atoms with Gasteiger partial charge in [-0.05, 0) is 25.1 Å². The molecule has 2 rings (SSSR count). The van der Waals surface area contributed by atoms with Crippen molar-refractivity contribution in [2.45, 2.75) is 6.92 Å². The summed E-state index contributed by atoms with van der Waals surface area (Å²) in [5.41, 5.74) is 2.36. The molecule has 0 atom stereocenters. The minimum atomic E-state index is -0.342. The van der Waals surface area contributed by atoms with Crippen molar-refractivity contribution in [1.29, 1.82) is 0 Å². The van der Waals surface area contributed by atoms with Crippen LogP contribution in [-0.4, -0.2) is 9.97 Å². The van der Waals surface area contributed by atoms with Crippen LogP contribution in [0.2, 0.25) is 0 Å². The summed E-state index contributed by atoms with van der Waals surface area (Å²) >= 11 is 0. The van der Waals surface area contributed by atoms with Crippen LogP contribution in [0.4, 0.5) is 4.39 Å². The second kappa shape index (κ2) is 3.54. The molecule has 0 aliphatic rings. The van der Waals surface area contributed by atoms with Crippen LogP contribution in [0.25, 0.3) is 11.3 Å². The van der Waals surface area contributed by atoms with Crippen LogP contribution < -0.4 is 0 Å². The third-order valence-corrected chi connectivity index (χ3v) is 1.89. The molecule has 0 saturated carbocycles. The highest BCUT2D eigenvalue weighted by molar-refractivity contribution is 5.57. The molecule has 0 N–H and O–H groups in total. The van der Waals surface area contributed by atoms with Crippen LogP contribution in [0.5, 0.6) is 0 Å². The second-order valence-corrected chi connectivity index (χ2v) is 3.06. The van der Waals surface area contributed by atoms with Crippen molar-refractivity contribution >= 4 is 0 Å². The number of aryl methyl sites for hydroxylation is 1. The Bertz CT molecular complexity index is 411. The lowest BCUT2D eigenvalue weighted by Crippen LogP contribution is -1.88. The molecule has 0 aromatic carbocycles. The van der Waals surface area contributed by atoms with Crippen LogP contribution in [0.15, 0.2) is 36.7 Å². The Balaban J connectivity index is 2.49. The molecule has 70 valence electrons. The Morgan fingerprint density at radius 3 is 2.79 bits per heavy atom. The molecule has 2 aromatic heterocycles. The van der Waals surface area contributed by atoms with Gasteiger partial charge in [-0.2, -0.15) is 0 Å². The summed E-state index contributed by atoms with van der Waals surface area (Å²) in [6.45, 7) is 1.90. The molecule has 2 heterocycles. The lowest BCUT2D eigenvalue weighted by atomic mass is 10.2. The molecule has 3 heteroatoms. The molecule has 0 aliphatic heterocycles. The van der Waals surface area contributed by atoms with E-state index in [9.17, 15) is 4.39 Å². The Kier molecular flexibility index (Phi) is 2.23. The maximum Gasteiger partial charge on any atom is 0.142 e. The SMILES string of the molecule is Cc1cccc(-c2cncc(F)c2)n1. The van der Waals surface area contributed by atoms with Gasteiger partial charge in [-0.3, -0.25) is 9.97 Å². The van der Waals surface area contributed by atoms with Gasteiger partial charge in [-0.15, -0.1) is 0 Å². The van der Waals surface area contributed by atoms with Crippen LogP contribution in [0.3, 0.4) is 0 Å². The molecule has 14 heavy (non-hydrogen) atoms. The largest absolute Gasteiger partial charge is 0.261 e. The van der Waals surface area contributed by atoms with Crippen molar-refractivity contribution in [3.8, 4) is 11.3 Å². The first kappa shape index (κ1) is 8.81. The van der Waals surface area contributed by atoms with Gasteiger partial charge in [0.2, 0.25) is 0 Å². The van der Waals surface area contributed by atoms with Gasteiger partial charge >= 0.3 is 0 Å². The van der Waals surface area contributed by atoms with Crippen molar-refractivity contribution in [2.75, 3.05) is 0 Å². The van der Waals surface area contributed by atoms with E-state index >= 15 is 0 Å². The lowest BCUT2D eigenvalue weighted by molar-refractivity contribution is 0.622. The number of hydrogen-bond acceptors (Lipinski definition) is 2. The Morgan fingerprint density at radius 1 is 1.21 bits per heavy atom. The lowest BCUT2D eigenvalue weighted by Gasteiger charge is -2.00. The third-order valence-electron chi connectivity index (χ3n) is 1.89. The van der Waals surface area contributed by atoms with E-state index in [1.54, 1.807) is 6.20 Å². The summed E-state index contributed by atoms with van der Waals surface area (Å²) in [4.78, 5) is 8.05. The molecule has 0 unspecified atom stereocenters. The first-order chi connectivity index (χ1) is 6.75. The first-order valence-electron chi connectivity index (χ1n) is 4.30. The van der Waals surface area contributed by atoms with Crippen LogP contribution in [0, 0.1) is 12.7 Å². The average Bonchev–Trinajstić information content (AvgIpc) is 2.18. The number of pyridine rings is 2. The highest BCUT2D eigenvalue weighted by atomic mass is 19.1. The predicted octanol–water partition coefficient (Wildman–Crippen LogP) is 2.59. The molecule has 0 bridgehead atoms. The molecule has 0 amide bonds. The third kappa shape index (κ3) is 1.76. The van der Waals surface area contributed by atoms with Gasteiger partial charge in [0, 0.05) is 17.5 Å². The number of rotatable bonds is 1. The predicted molar refractivity (Wildman–Crippen MR) is 52.2 cm³/mol. The normalized spacial score (nSPS) is 10.1. The van der Waals surface area contributed by atoms with E-state index in [-0.39, 0.29) is 5.82 Å². The Hall–Kier alpha value is -1.77. The van der Waals surface area contributed by atoms with Crippen molar-refractivity contribution in [3.63, 3.8) is 0 Å². The Morgan fingerprint density at radius 2 is 2.07 bits per heavy atom. The minimum absolute atomic E-state index is 0.342. The summed E-state index contributed by atoms with van der Waals surface area (Å²) in [7, 11) is 0. The molecule has 0 aliphatic carbocycles.